The van der Waals surface area contributed by atoms with Gasteiger partial charge in [-0.2, -0.15) is 4.98 Å². The van der Waals surface area contributed by atoms with Gasteiger partial charge in [-0.3, -0.25) is 0 Å². The first kappa shape index (κ1) is 12.7. The van der Waals surface area contributed by atoms with Crippen molar-refractivity contribution in [2.45, 2.75) is 26.3 Å². The van der Waals surface area contributed by atoms with E-state index in [9.17, 15) is 0 Å². The van der Waals surface area contributed by atoms with Crippen molar-refractivity contribution in [1.29, 1.82) is 0 Å². The molecule has 0 saturated heterocycles. The van der Waals surface area contributed by atoms with Crippen LogP contribution in [0.5, 0.6) is 0 Å². The standard InChI is InChI=1S/C11H14BrN3OS/c1-7(11-9(12)4-6-17-11)13-5-3-10-14-8(2)15-16-10/h4,6-7,13H,3,5H2,1-2H3. The predicted molar refractivity (Wildman–Crippen MR) is 71.2 cm³/mol. The van der Waals surface area contributed by atoms with E-state index in [4.69, 9.17) is 4.52 Å². The molecule has 92 valence electrons. The summed E-state index contributed by atoms with van der Waals surface area (Å²) >= 11 is 5.28. The Kier molecular flexibility index (Phi) is 4.31. The van der Waals surface area contributed by atoms with Crippen LogP contribution in [0.15, 0.2) is 20.4 Å². The van der Waals surface area contributed by atoms with E-state index < -0.39 is 0 Å². The lowest BCUT2D eigenvalue weighted by atomic mass is 10.2. The van der Waals surface area contributed by atoms with Gasteiger partial charge in [0.15, 0.2) is 5.82 Å². The van der Waals surface area contributed by atoms with Gasteiger partial charge >= 0.3 is 0 Å². The maximum atomic E-state index is 5.05. The second-order valence-electron chi connectivity index (χ2n) is 3.79. The molecule has 2 aromatic heterocycles. The molecule has 0 amide bonds. The van der Waals surface area contributed by atoms with Gasteiger partial charge in [-0.25, -0.2) is 0 Å². The van der Waals surface area contributed by atoms with E-state index in [0.717, 1.165) is 17.4 Å². The Labute approximate surface area is 113 Å². The van der Waals surface area contributed by atoms with Gasteiger partial charge < -0.3 is 9.84 Å². The number of nitrogens with zero attached hydrogens (tertiary/aromatic N) is 2. The average Bonchev–Trinajstić information content (AvgIpc) is 2.87. The molecule has 0 aliphatic carbocycles. The fraction of sp³-hybridized carbons (Fsp3) is 0.455. The van der Waals surface area contributed by atoms with Gasteiger partial charge in [-0.1, -0.05) is 5.16 Å². The Bertz CT molecular complexity index is 483. The van der Waals surface area contributed by atoms with Crippen LogP contribution in [-0.2, 0) is 6.42 Å². The fourth-order valence-corrected chi connectivity index (χ4v) is 3.29. The van der Waals surface area contributed by atoms with Gasteiger partial charge in [0.25, 0.3) is 0 Å². The van der Waals surface area contributed by atoms with E-state index in [2.05, 4.69) is 49.8 Å². The van der Waals surface area contributed by atoms with Crippen molar-refractivity contribution in [2.75, 3.05) is 6.54 Å². The summed E-state index contributed by atoms with van der Waals surface area (Å²) in [6.07, 6.45) is 0.758. The first-order chi connectivity index (χ1) is 8.16. The SMILES string of the molecule is Cc1noc(CCNC(C)c2sccc2Br)n1. The molecule has 2 heterocycles. The molecule has 0 fully saturated rings. The number of aromatic nitrogens is 2. The second-order valence-corrected chi connectivity index (χ2v) is 5.60. The third-order valence-corrected chi connectivity index (χ3v) is 4.45. The summed E-state index contributed by atoms with van der Waals surface area (Å²) in [4.78, 5) is 5.48. The maximum Gasteiger partial charge on any atom is 0.227 e. The smallest absolute Gasteiger partial charge is 0.227 e. The fourth-order valence-electron chi connectivity index (χ4n) is 1.54. The largest absolute Gasteiger partial charge is 0.339 e. The van der Waals surface area contributed by atoms with E-state index in [1.54, 1.807) is 11.3 Å². The Morgan fingerprint density at radius 1 is 1.59 bits per heavy atom. The molecule has 0 spiro atoms. The maximum absolute atomic E-state index is 5.05. The van der Waals surface area contributed by atoms with Crippen molar-refractivity contribution >= 4 is 27.3 Å². The second kappa shape index (κ2) is 5.75. The molecule has 0 bridgehead atoms. The molecule has 0 aliphatic heterocycles. The van der Waals surface area contributed by atoms with Crippen LogP contribution in [0.1, 0.15) is 29.6 Å². The van der Waals surface area contributed by atoms with Crippen LogP contribution in [0.25, 0.3) is 0 Å². The number of hydrogen-bond acceptors (Lipinski definition) is 5. The molecular formula is C11H14BrN3OS. The van der Waals surface area contributed by atoms with E-state index >= 15 is 0 Å². The molecule has 1 atom stereocenters. The molecule has 2 rings (SSSR count). The highest BCUT2D eigenvalue weighted by atomic mass is 79.9. The molecular weight excluding hydrogens is 302 g/mol. The number of aryl methyl sites for hydroxylation is 1. The molecule has 6 heteroatoms. The lowest BCUT2D eigenvalue weighted by molar-refractivity contribution is 0.370. The van der Waals surface area contributed by atoms with Crippen LogP contribution in [0.4, 0.5) is 0 Å². The van der Waals surface area contributed by atoms with Gasteiger partial charge in [-0.15, -0.1) is 11.3 Å². The summed E-state index contributed by atoms with van der Waals surface area (Å²) in [7, 11) is 0. The van der Waals surface area contributed by atoms with Crippen molar-refractivity contribution in [1.82, 2.24) is 15.5 Å². The van der Waals surface area contributed by atoms with Gasteiger partial charge in [0.1, 0.15) is 0 Å². The van der Waals surface area contributed by atoms with Gasteiger partial charge in [0.05, 0.1) is 0 Å². The highest BCUT2D eigenvalue weighted by molar-refractivity contribution is 9.10. The molecule has 4 nitrogen and oxygen atoms in total. The minimum atomic E-state index is 0.327. The predicted octanol–water partition coefficient (Wildman–Crippen LogP) is 3.10. The summed E-state index contributed by atoms with van der Waals surface area (Å²) in [6, 6.07) is 2.40. The van der Waals surface area contributed by atoms with Crippen LogP contribution < -0.4 is 5.32 Å². The average molecular weight is 316 g/mol. The molecule has 0 aromatic carbocycles. The minimum Gasteiger partial charge on any atom is -0.339 e. The monoisotopic (exact) mass is 315 g/mol. The molecule has 1 N–H and O–H groups in total. The normalized spacial score (nSPS) is 12.9. The molecule has 17 heavy (non-hydrogen) atoms. The van der Waals surface area contributed by atoms with Gasteiger partial charge in [0, 0.05) is 28.4 Å². The summed E-state index contributed by atoms with van der Waals surface area (Å²) in [5.74, 6) is 1.38. The first-order valence-corrected chi connectivity index (χ1v) is 7.09. The van der Waals surface area contributed by atoms with Crippen molar-refractivity contribution in [3.05, 3.63) is 32.5 Å². The summed E-state index contributed by atoms with van der Waals surface area (Å²) in [5, 5.41) is 9.28. The van der Waals surface area contributed by atoms with E-state index in [0.29, 0.717) is 17.8 Å². The minimum absolute atomic E-state index is 0.327. The topological polar surface area (TPSA) is 51.0 Å². The third-order valence-electron chi connectivity index (χ3n) is 2.40. The number of rotatable bonds is 5. The molecule has 0 radical (unpaired) electrons. The van der Waals surface area contributed by atoms with Crippen molar-refractivity contribution in [3.8, 4) is 0 Å². The summed E-state index contributed by atoms with van der Waals surface area (Å²) < 4.78 is 6.22. The summed E-state index contributed by atoms with van der Waals surface area (Å²) in [6.45, 7) is 4.80. The van der Waals surface area contributed by atoms with Crippen molar-refractivity contribution in [3.63, 3.8) is 0 Å². The highest BCUT2D eigenvalue weighted by Gasteiger charge is 2.10. The Morgan fingerprint density at radius 3 is 3.00 bits per heavy atom. The lowest BCUT2D eigenvalue weighted by Gasteiger charge is -2.11. The zero-order valence-corrected chi connectivity index (χ0v) is 12.1. The molecule has 2 aromatic rings. The van der Waals surface area contributed by atoms with E-state index in [1.165, 1.54) is 4.88 Å². The van der Waals surface area contributed by atoms with Gasteiger partial charge in [-0.05, 0) is 41.2 Å². The van der Waals surface area contributed by atoms with Crippen LogP contribution >= 0.6 is 27.3 Å². The van der Waals surface area contributed by atoms with Gasteiger partial charge in [0.2, 0.25) is 5.89 Å². The molecule has 0 aliphatic rings. The molecule has 0 saturated carbocycles. The molecule has 1 unspecified atom stereocenters. The highest BCUT2D eigenvalue weighted by Crippen LogP contribution is 2.28. The Hall–Kier alpha value is -0.720. The number of halogens is 1. The summed E-state index contributed by atoms with van der Waals surface area (Å²) in [5.41, 5.74) is 0. The first-order valence-electron chi connectivity index (χ1n) is 5.42. The van der Waals surface area contributed by atoms with E-state index in [-0.39, 0.29) is 0 Å². The van der Waals surface area contributed by atoms with Crippen LogP contribution in [0.2, 0.25) is 0 Å². The number of hydrogen-bond donors (Lipinski definition) is 1. The Morgan fingerprint density at radius 2 is 2.41 bits per heavy atom. The zero-order chi connectivity index (χ0) is 12.3. The number of thiophene rings is 1. The van der Waals surface area contributed by atoms with Crippen LogP contribution in [-0.4, -0.2) is 16.7 Å². The van der Waals surface area contributed by atoms with Crippen molar-refractivity contribution < 1.29 is 4.52 Å². The van der Waals surface area contributed by atoms with Crippen LogP contribution in [0, 0.1) is 6.92 Å². The van der Waals surface area contributed by atoms with E-state index in [1.807, 2.05) is 6.92 Å². The van der Waals surface area contributed by atoms with Crippen LogP contribution in [0.3, 0.4) is 0 Å². The number of nitrogens with one attached hydrogen (secondary N) is 1. The third kappa shape index (κ3) is 3.37. The zero-order valence-electron chi connectivity index (χ0n) is 9.74. The quantitative estimate of drug-likeness (QED) is 0.921. The van der Waals surface area contributed by atoms with Crippen molar-refractivity contribution in [2.24, 2.45) is 0 Å². The lowest BCUT2D eigenvalue weighted by Crippen LogP contribution is -2.21. The Balaban J connectivity index is 1.81.